The van der Waals surface area contributed by atoms with Crippen LogP contribution in [0.25, 0.3) is 0 Å². The van der Waals surface area contributed by atoms with Crippen molar-refractivity contribution in [2.75, 3.05) is 32.2 Å². The Morgan fingerprint density at radius 2 is 1.91 bits per heavy atom. The molecule has 120 valence electrons. The number of carbonyl (C=O) groups excluding carboxylic acids is 1. The third-order valence-electron chi connectivity index (χ3n) is 4.46. The fourth-order valence-corrected chi connectivity index (χ4v) is 3.26. The first-order chi connectivity index (χ1) is 10.6. The van der Waals surface area contributed by atoms with Crippen LogP contribution in [0.15, 0.2) is 24.3 Å². The van der Waals surface area contributed by atoms with E-state index in [1.807, 2.05) is 43.3 Å². The van der Waals surface area contributed by atoms with Crippen molar-refractivity contribution < 1.29 is 14.3 Å². The Hall–Kier alpha value is -1.59. The number of anilines is 1. The van der Waals surface area contributed by atoms with Crippen molar-refractivity contribution in [1.82, 2.24) is 5.32 Å². The van der Waals surface area contributed by atoms with Crippen LogP contribution in [-0.4, -0.2) is 45.0 Å². The molecule has 1 saturated carbocycles. The summed E-state index contributed by atoms with van der Waals surface area (Å²) in [7, 11) is 3.97. The summed E-state index contributed by atoms with van der Waals surface area (Å²) in [5.74, 6) is -0.476. The second kappa shape index (κ2) is 6.26. The van der Waals surface area contributed by atoms with Gasteiger partial charge in [-0.05, 0) is 37.1 Å². The molecule has 1 saturated heterocycles. The molecule has 2 aliphatic rings. The Balaban J connectivity index is 1.61. The summed E-state index contributed by atoms with van der Waals surface area (Å²) < 4.78 is 11.5. The van der Waals surface area contributed by atoms with Gasteiger partial charge in [0.05, 0.1) is 13.2 Å². The topological polar surface area (TPSA) is 50.8 Å². The van der Waals surface area contributed by atoms with Gasteiger partial charge >= 0.3 is 0 Å². The Morgan fingerprint density at radius 3 is 2.55 bits per heavy atom. The largest absolute Gasteiger partial charge is 0.378 e. The molecule has 0 bridgehead atoms. The lowest BCUT2D eigenvalue weighted by Crippen LogP contribution is -2.46. The molecular formula is C17H24N2O3. The molecule has 1 aliphatic carbocycles. The first kappa shape index (κ1) is 15.3. The summed E-state index contributed by atoms with van der Waals surface area (Å²) in [6.45, 7) is 1.32. The normalized spacial score (nSPS) is 23.5. The van der Waals surface area contributed by atoms with Crippen molar-refractivity contribution in [2.24, 2.45) is 0 Å². The molecule has 1 amide bonds. The van der Waals surface area contributed by atoms with Crippen molar-refractivity contribution in [1.29, 1.82) is 0 Å². The highest BCUT2D eigenvalue weighted by atomic mass is 16.7. The Kier molecular flexibility index (Phi) is 4.36. The van der Waals surface area contributed by atoms with Crippen LogP contribution in [-0.2, 0) is 9.47 Å². The first-order valence-corrected chi connectivity index (χ1v) is 7.94. The van der Waals surface area contributed by atoms with E-state index in [1.165, 1.54) is 0 Å². The van der Waals surface area contributed by atoms with Gasteiger partial charge in [-0.2, -0.15) is 0 Å². The molecular weight excluding hydrogens is 280 g/mol. The lowest BCUT2D eigenvalue weighted by molar-refractivity contribution is -0.181. The number of hydrogen-bond acceptors (Lipinski definition) is 4. The number of ether oxygens (including phenoxy) is 2. The SMILES string of the molecule is CN(C)c1ccc(C(=O)N[C@H]2CCCC3(C2)OCCO3)cc1. The second-order valence-corrected chi connectivity index (χ2v) is 6.32. The Bertz CT molecular complexity index is 521. The van der Waals surface area contributed by atoms with Gasteiger partial charge in [0.25, 0.3) is 5.91 Å². The van der Waals surface area contributed by atoms with Gasteiger partial charge in [-0.1, -0.05) is 0 Å². The van der Waals surface area contributed by atoms with Crippen molar-refractivity contribution in [3.63, 3.8) is 0 Å². The first-order valence-electron chi connectivity index (χ1n) is 7.94. The van der Waals surface area contributed by atoms with E-state index in [2.05, 4.69) is 5.32 Å². The number of rotatable bonds is 3. The van der Waals surface area contributed by atoms with Gasteiger partial charge in [0, 0.05) is 44.2 Å². The van der Waals surface area contributed by atoms with E-state index >= 15 is 0 Å². The standard InChI is InChI=1S/C17H24N2O3/c1-19(2)15-7-5-13(6-8-15)16(20)18-14-4-3-9-17(12-14)21-10-11-22-17/h5-8,14H,3-4,9-12H2,1-2H3,(H,18,20)/t14-/m0/s1. The summed E-state index contributed by atoms with van der Waals surface area (Å²) in [5.41, 5.74) is 1.78. The van der Waals surface area contributed by atoms with Crippen LogP contribution in [0.2, 0.25) is 0 Å². The maximum Gasteiger partial charge on any atom is 0.251 e. The number of nitrogens with zero attached hydrogens (tertiary/aromatic N) is 1. The minimum Gasteiger partial charge on any atom is -0.378 e. The number of carbonyl (C=O) groups is 1. The fraction of sp³-hybridized carbons (Fsp3) is 0.588. The van der Waals surface area contributed by atoms with Gasteiger partial charge in [0.15, 0.2) is 5.79 Å². The van der Waals surface area contributed by atoms with Crippen molar-refractivity contribution in [3.05, 3.63) is 29.8 Å². The van der Waals surface area contributed by atoms with Crippen LogP contribution in [0.5, 0.6) is 0 Å². The minimum absolute atomic E-state index is 0.0228. The number of amides is 1. The predicted molar refractivity (Wildman–Crippen MR) is 85.1 cm³/mol. The van der Waals surface area contributed by atoms with Crippen LogP contribution in [0.4, 0.5) is 5.69 Å². The molecule has 5 heteroatoms. The second-order valence-electron chi connectivity index (χ2n) is 6.32. The maximum atomic E-state index is 12.4. The molecule has 1 heterocycles. The highest BCUT2D eigenvalue weighted by Crippen LogP contribution is 2.35. The number of hydrogen-bond donors (Lipinski definition) is 1. The lowest BCUT2D eigenvalue weighted by atomic mass is 9.89. The molecule has 3 rings (SSSR count). The molecule has 0 aromatic heterocycles. The summed E-state index contributed by atoms with van der Waals surface area (Å²) >= 11 is 0. The third-order valence-corrected chi connectivity index (χ3v) is 4.46. The zero-order chi connectivity index (χ0) is 15.6. The zero-order valence-corrected chi connectivity index (χ0v) is 13.3. The minimum atomic E-state index is -0.453. The van der Waals surface area contributed by atoms with Gasteiger partial charge in [-0.25, -0.2) is 0 Å². The van der Waals surface area contributed by atoms with Crippen molar-refractivity contribution >= 4 is 11.6 Å². The van der Waals surface area contributed by atoms with E-state index < -0.39 is 5.79 Å². The average molecular weight is 304 g/mol. The van der Waals surface area contributed by atoms with Gasteiger partial charge in [-0.3, -0.25) is 4.79 Å². The summed E-state index contributed by atoms with van der Waals surface area (Å²) in [6.07, 6.45) is 3.67. The van der Waals surface area contributed by atoms with E-state index in [-0.39, 0.29) is 11.9 Å². The van der Waals surface area contributed by atoms with Crippen molar-refractivity contribution in [3.8, 4) is 0 Å². The number of benzene rings is 1. The quantitative estimate of drug-likeness (QED) is 0.930. The Labute approximate surface area is 131 Å². The molecule has 1 aromatic rings. The van der Waals surface area contributed by atoms with Crippen LogP contribution >= 0.6 is 0 Å². The average Bonchev–Trinajstić information content (AvgIpc) is 2.95. The predicted octanol–water partition coefficient (Wildman–Crippen LogP) is 2.17. The fourth-order valence-electron chi connectivity index (χ4n) is 3.26. The summed E-state index contributed by atoms with van der Waals surface area (Å²) in [5, 5.41) is 3.12. The van der Waals surface area contributed by atoms with Gasteiger partial charge in [0.1, 0.15) is 0 Å². The van der Waals surface area contributed by atoms with Crippen molar-refractivity contribution in [2.45, 2.75) is 37.5 Å². The maximum absolute atomic E-state index is 12.4. The van der Waals surface area contributed by atoms with E-state index in [0.29, 0.717) is 18.8 Å². The van der Waals surface area contributed by atoms with Crippen LogP contribution in [0.1, 0.15) is 36.0 Å². The molecule has 1 aliphatic heterocycles. The molecule has 1 aromatic carbocycles. The summed E-state index contributed by atoms with van der Waals surface area (Å²) in [6, 6.07) is 7.77. The third kappa shape index (κ3) is 3.25. The van der Waals surface area contributed by atoms with Crippen LogP contribution < -0.4 is 10.2 Å². The zero-order valence-electron chi connectivity index (χ0n) is 13.3. The molecule has 0 unspecified atom stereocenters. The molecule has 0 radical (unpaired) electrons. The van der Waals surface area contributed by atoms with E-state index in [0.717, 1.165) is 31.4 Å². The van der Waals surface area contributed by atoms with Gasteiger partial charge in [-0.15, -0.1) is 0 Å². The highest BCUT2D eigenvalue weighted by molar-refractivity contribution is 5.94. The van der Waals surface area contributed by atoms with Gasteiger partial charge in [0.2, 0.25) is 0 Å². The number of nitrogens with one attached hydrogen (secondary N) is 1. The molecule has 5 nitrogen and oxygen atoms in total. The van der Waals surface area contributed by atoms with Crippen LogP contribution in [0.3, 0.4) is 0 Å². The van der Waals surface area contributed by atoms with E-state index in [9.17, 15) is 4.79 Å². The summed E-state index contributed by atoms with van der Waals surface area (Å²) in [4.78, 5) is 14.4. The van der Waals surface area contributed by atoms with Crippen LogP contribution in [0, 0.1) is 0 Å². The molecule has 1 N–H and O–H groups in total. The monoisotopic (exact) mass is 304 g/mol. The van der Waals surface area contributed by atoms with Gasteiger partial charge < -0.3 is 19.7 Å². The van der Waals surface area contributed by atoms with E-state index in [1.54, 1.807) is 0 Å². The molecule has 22 heavy (non-hydrogen) atoms. The smallest absolute Gasteiger partial charge is 0.251 e. The van der Waals surface area contributed by atoms with E-state index in [4.69, 9.17) is 9.47 Å². The molecule has 1 spiro atoms. The lowest BCUT2D eigenvalue weighted by Gasteiger charge is -2.36. The highest BCUT2D eigenvalue weighted by Gasteiger charge is 2.41. The molecule has 1 atom stereocenters. The Morgan fingerprint density at radius 1 is 1.23 bits per heavy atom. The molecule has 2 fully saturated rings.